The maximum absolute atomic E-state index is 11.3. The number of primary amides is 1. The van der Waals surface area contributed by atoms with Crippen molar-refractivity contribution in [1.82, 2.24) is 5.32 Å². The van der Waals surface area contributed by atoms with Crippen molar-refractivity contribution in [2.45, 2.75) is 12.8 Å². The number of hydrogen-bond acceptors (Lipinski definition) is 4. The molecule has 0 aromatic heterocycles. The van der Waals surface area contributed by atoms with Gasteiger partial charge in [0.25, 0.3) is 5.91 Å². The number of ether oxygens (including phenoxy) is 1. The average molecular weight is 263 g/mol. The average Bonchev–Trinajstić information content (AvgIpc) is 2.35. The zero-order valence-electron chi connectivity index (χ0n) is 10.1. The fourth-order valence-electron chi connectivity index (χ4n) is 1.76. The topological polar surface area (TPSA) is 111 Å². The molecule has 2 rings (SSSR count). The molecule has 0 spiro atoms. The summed E-state index contributed by atoms with van der Waals surface area (Å²) in [6.45, 7) is -0.324. The predicted octanol–water partition coefficient (Wildman–Crippen LogP) is 0.145. The molecule has 1 heterocycles. The number of nitrogens with one attached hydrogen (secondary N) is 2. The van der Waals surface area contributed by atoms with Crippen LogP contribution in [0.25, 0.3) is 0 Å². The standard InChI is InChI=1S/C12H13N3O4/c13-12(18)15-11(17)6-19-8-3-1-7-2-4-10(16)14-9(7)5-8/h1,3,5H,2,4,6H2,(H,14,16)(H3,13,15,17,18). The van der Waals surface area contributed by atoms with Crippen LogP contribution in [0.15, 0.2) is 18.2 Å². The SMILES string of the molecule is NC(=O)NC(=O)COc1ccc2c(c1)NC(=O)CC2. The highest BCUT2D eigenvalue weighted by Gasteiger charge is 2.15. The highest BCUT2D eigenvalue weighted by atomic mass is 16.5. The zero-order chi connectivity index (χ0) is 13.8. The van der Waals surface area contributed by atoms with Gasteiger partial charge in [-0.1, -0.05) is 6.07 Å². The van der Waals surface area contributed by atoms with Crippen LogP contribution in [-0.2, 0) is 16.0 Å². The Bertz CT molecular complexity index is 542. The van der Waals surface area contributed by atoms with E-state index in [1.165, 1.54) is 0 Å². The number of benzene rings is 1. The van der Waals surface area contributed by atoms with Crippen molar-refractivity contribution in [2.75, 3.05) is 11.9 Å². The lowest BCUT2D eigenvalue weighted by atomic mass is 10.0. The van der Waals surface area contributed by atoms with Crippen LogP contribution in [0.1, 0.15) is 12.0 Å². The summed E-state index contributed by atoms with van der Waals surface area (Å²) in [6.07, 6.45) is 1.15. The Labute approximate surface area is 109 Å². The number of urea groups is 1. The van der Waals surface area contributed by atoms with Gasteiger partial charge in [0.15, 0.2) is 6.61 Å². The smallest absolute Gasteiger partial charge is 0.318 e. The van der Waals surface area contributed by atoms with Crippen LogP contribution >= 0.6 is 0 Å². The molecular formula is C12H13N3O4. The molecule has 1 aromatic carbocycles. The van der Waals surface area contributed by atoms with Crippen molar-refractivity contribution in [1.29, 1.82) is 0 Å². The van der Waals surface area contributed by atoms with Gasteiger partial charge in [0.2, 0.25) is 5.91 Å². The van der Waals surface area contributed by atoms with Gasteiger partial charge in [0.05, 0.1) is 0 Å². The Morgan fingerprint density at radius 3 is 2.89 bits per heavy atom. The van der Waals surface area contributed by atoms with E-state index in [1.807, 2.05) is 11.4 Å². The van der Waals surface area contributed by atoms with E-state index in [0.717, 1.165) is 5.56 Å². The fourth-order valence-corrected chi connectivity index (χ4v) is 1.76. The van der Waals surface area contributed by atoms with Gasteiger partial charge >= 0.3 is 6.03 Å². The molecule has 0 radical (unpaired) electrons. The molecule has 4 amide bonds. The molecule has 1 aliphatic rings. The summed E-state index contributed by atoms with van der Waals surface area (Å²) in [5.74, 6) is -0.244. The first-order valence-electron chi connectivity index (χ1n) is 5.69. The predicted molar refractivity (Wildman–Crippen MR) is 66.6 cm³/mol. The number of nitrogens with two attached hydrogens (primary N) is 1. The second kappa shape index (κ2) is 5.38. The zero-order valence-corrected chi connectivity index (χ0v) is 10.1. The second-order valence-corrected chi connectivity index (χ2v) is 4.07. The van der Waals surface area contributed by atoms with Crippen molar-refractivity contribution < 1.29 is 19.1 Å². The largest absolute Gasteiger partial charge is 0.484 e. The summed E-state index contributed by atoms with van der Waals surface area (Å²) < 4.78 is 5.20. The van der Waals surface area contributed by atoms with Crippen molar-refractivity contribution in [3.8, 4) is 5.75 Å². The van der Waals surface area contributed by atoms with E-state index < -0.39 is 11.9 Å². The molecule has 1 aliphatic heterocycles. The van der Waals surface area contributed by atoms with Crippen molar-refractivity contribution >= 4 is 23.5 Å². The Balaban J connectivity index is 1.98. The molecule has 1 aromatic rings. The normalized spacial score (nSPS) is 13.2. The Morgan fingerprint density at radius 2 is 2.16 bits per heavy atom. The molecule has 7 heteroatoms. The number of imide groups is 1. The third-order valence-electron chi connectivity index (χ3n) is 2.61. The van der Waals surface area contributed by atoms with Crippen LogP contribution in [0.5, 0.6) is 5.75 Å². The molecule has 0 aliphatic carbocycles. The number of anilines is 1. The molecule has 0 bridgehead atoms. The van der Waals surface area contributed by atoms with Crippen LogP contribution in [0.2, 0.25) is 0 Å². The summed E-state index contributed by atoms with van der Waals surface area (Å²) >= 11 is 0. The van der Waals surface area contributed by atoms with Crippen LogP contribution in [0, 0.1) is 0 Å². The number of hydrogen-bond donors (Lipinski definition) is 3. The van der Waals surface area contributed by atoms with Crippen molar-refractivity contribution in [3.63, 3.8) is 0 Å². The van der Waals surface area contributed by atoms with E-state index >= 15 is 0 Å². The molecule has 0 saturated heterocycles. The van der Waals surface area contributed by atoms with Gasteiger partial charge in [0.1, 0.15) is 5.75 Å². The number of carbonyl (C=O) groups excluding carboxylic acids is 3. The first-order valence-corrected chi connectivity index (χ1v) is 5.69. The molecule has 0 unspecified atom stereocenters. The molecular weight excluding hydrogens is 250 g/mol. The third-order valence-corrected chi connectivity index (χ3v) is 2.61. The quantitative estimate of drug-likeness (QED) is 0.720. The van der Waals surface area contributed by atoms with Gasteiger partial charge in [-0.3, -0.25) is 14.9 Å². The van der Waals surface area contributed by atoms with Gasteiger partial charge in [-0.05, 0) is 18.1 Å². The van der Waals surface area contributed by atoms with Crippen LogP contribution in [0.4, 0.5) is 10.5 Å². The first-order chi connectivity index (χ1) is 9.04. The Hall–Kier alpha value is -2.57. The molecule has 100 valence electrons. The minimum atomic E-state index is -0.925. The molecule has 4 N–H and O–H groups in total. The van der Waals surface area contributed by atoms with Gasteiger partial charge in [-0.2, -0.15) is 0 Å². The number of rotatable bonds is 3. The highest BCUT2D eigenvalue weighted by Crippen LogP contribution is 2.26. The van der Waals surface area contributed by atoms with Crippen molar-refractivity contribution in [2.24, 2.45) is 5.73 Å². The summed E-state index contributed by atoms with van der Waals surface area (Å²) in [5.41, 5.74) is 6.50. The lowest BCUT2D eigenvalue weighted by Gasteiger charge is -2.17. The fraction of sp³-hybridized carbons (Fsp3) is 0.250. The van der Waals surface area contributed by atoms with Crippen molar-refractivity contribution in [3.05, 3.63) is 23.8 Å². The van der Waals surface area contributed by atoms with E-state index in [1.54, 1.807) is 12.1 Å². The summed E-state index contributed by atoms with van der Waals surface area (Å²) in [6, 6.07) is 4.25. The Kier molecular flexibility index (Phi) is 3.65. The summed E-state index contributed by atoms with van der Waals surface area (Å²) in [5, 5.41) is 4.61. The minimum absolute atomic E-state index is 0.0453. The summed E-state index contributed by atoms with van der Waals surface area (Å²) in [4.78, 5) is 32.9. The van der Waals surface area contributed by atoms with Gasteiger partial charge in [0, 0.05) is 18.2 Å². The van der Waals surface area contributed by atoms with E-state index in [9.17, 15) is 14.4 Å². The van der Waals surface area contributed by atoms with E-state index in [2.05, 4.69) is 5.32 Å². The first kappa shape index (κ1) is 12.9. The second-order valence-electron chi connectivity index (χ2n) is 4.07. The van der Waals surface area contributed by atoms with Crippen LogP contribution < -0.4 is 21.1 Å². The van der Waals surface area contributed by atoms with Gasteiger partial charge in [-0.25, -0.2) is 4.79 Å². The lowest BCUT2D eigenvalue weighted by Crippen LogP contribution is -2.38. The van der Waals surface area contributed by atoms with E-state index in [4.69, 9.17) is 10.5 Å². The molecule has 0 atom stereocenters. The number of fused-ring (bicyclic) bond motifs is 1. The third kappa shape index (κ3) is 3.44. The molecule has 0 fully saturated rings. The highest BCUT2D eigenvalue weighted by molar-refractivity contribution is 5.95. The van der Waals surface area contributed by atoms with Gasteiger partial charge < -0.3 is 15.8 Å². The van der Waals surface area contributed by atoms with E-state index in [-0.39, 0.29) is 12.5 Å². The minimum Gasteiger partial charge on any atom is -0.484 e. The number of aryl methyl sites for hydroxylation is 1. The maximum atomic E-state index is 11.3. The monoisotopic (exact) mass is 263 g/mol. The van der Waals surface area contributed by atoms with Crippen LogP contribution in [-0.4, -0.2) is 24.5 Å². The summed E-state index contributed by atoms with van der Waals surface area (Å²) in [7, 11) is 0. The maximum Gasteiger partial charge on any atom is 0.318 e. The Morgan fingerprint density at radius 1 is 1.37 bits per heavy atom. The number of amides is 4. The van der Waals surface area contributed by atoms with Gasteiger partial charge in [-0.15, -0.1) is 0 Å². The lowest BCUT2D eigenvalue weighted by molar-refractivity contribution is -0.122. The molecule has 0 saturated carbocycles. The van der Waals surface area contributed by atoms with Crippen LogP contribution in [0.3, 0.4) is 0 Å². The number of carbonyl (C=O) groups is 3. The molecule has 7 nitrogen and oxygen atoms in total. The van der Waals surface area contributed by atoms with E-state index in [0.29, 0.717) is 24.3 Å². The molecule has 19 heavy (non-hydrogen) atoms.